The van der Waals surface area contributed by atoms with E-state index in [0.29, 0.717) is 16.6 Å². The fraction of sp³-hybridized carbons (Fsp3) is 0.219. The number of fused-ring (bicyclic) bond motifs is 5. The quantitative estimate of drug-likeness (QED) is 0.308. The van der Waals surface area contributed by atoms with Crippen molar-refractivity contribution in [1.82, 2.24) is 30.0 Å². The summed E-state index contributed by atoms with van der Waals surface area (Å²) < 4.78 is 3.19. The number of thiazole rings is 1. The number of hydrogen-bond donors (Lipinski definition) is 2. The van der Waals surface area contributed by atoms with E-state index in [1.807, 2.05) is 49.4 Å². The van der Waals surface area contributed by atoms with Gasteiger partial charge < -0.3 is 15.5 Å². The third-order valence-electron chi connectivity index (χ3n) is 7.45. The van der Waals surface area contributed by atoms with Crippen molar-refractivity contribution < 1.29 is 4.79 Å². The molecule has 210 valence electrons. The van der Waals surface area contributed by atoms with E-state index in [1.165, 1.54) is 0 Å². The summed E-state index contributed by atoms with van der Waals surface area (Å²) in [6.07, 6.45) is 4.46. The number of anilines is 1. The van der Waals surface area contributed by atoms with Crippen molar-refractivity contribution >= 4 is 54.8 Å². The average molecular weight is 575 g/mol. The summed E-state index contributed by atoms with van der Waals surface area (Å²) >= 11 is 1.58. The van der Waals surface area contributed by atoms with Crippen LogP contribution in [0.1, 0.15) is 28.2 Å². The van der Waals surface area contributed by atoms with Gasteiger partial charge in [0, 0.05) is 31.2 Å². The maximum atomic E-state index is 14.1. The number of aryl methyl sites for hydroxylation is 1. The van der Waals surface area contributed by atoms with Gasteiger partial charge >= 0.3 is 0 Å². The lowest BCUT2D eigenvalue weighted by atomic mass is 10.1. The van der Waals surface area contributed by atoms with Crippen LogP contribution in [0.4, 0.5) is 11.5 Å². The van der Waals surface area contributed by atoms with Gasteiger partial charge in [-0.25, -0.2) is 9.98 Å². The third kappa shape index (κ3) is 4.99. The summed E-state index contributed by atoms with van der Waals surface area (Å²) in [6, 6.07) is 22.1. The van der Waals surface area contributed by atoms with Crippen LogP contribution in [-0.2, 0) is 6.54 Å². The van der Waals surface area contributed by atoms with E-state index in [9.17, 15) is 4.79 Å². The molecule has 0 aliphatic carbocycles. The Morgan fingerprint density at radius 2 is 1.86 bits per heavy atom. The summed E-state index contributed by atoms with van der Waals surface area (Å²) in [4.78, 5) is 36.3. The van der Waals surface area contributed by atoms with Crippen LogP contribution in [0, 0.1) is 6.92 Å². The lowest BCUT2D eigenvalue weighted by Gasteiger charge is -2.21. The summed E-state index contributed by atoms with van der Waals surface area (Å²) in [6.45, 7) is 5.90. The van der Waals surface area contributed by atoms with E-state index in [2.05, 4.69) is 54.2 Å². The Bertz CT molecular complexity index is 1970. The first-order valence-electron chi connectivity index (χ1n) is 14.1. The van der Waals surface area contributed by atoms with Gasteiger partial charge in [-0.05, 0) is 56.3 Å². The van der Waals surface area contributed by atoms with E-state index in [4.69, 9.17) is 9.98 Å². The highest BCUT2D eigenvalue weighted by atomic mass is 32.1. The molecule has 6 aromatic rings. The molecule has 1 saturated heterocycles. The molecule has 0 unspecified atom stereocenters. The standard InChI is InChI=1S/C32H30N8OS/c1-21-18-35-23(19-34-21)20-36-31(41)28-29(37-22-8-3-2-4-9-22)24-12-13-27(39-16-7-14-33-15-17-39)38-30(24)40-25-10-5-6-11-26(25)42-32(28)40/h2-6,8-13,18-19,33H,7,14-17,20H2,1H3,(H,36,41). The van der Waals surface area contributed by atoms with Crippen LogP contribution in [0.3, 0.4) is 0 Å². The second-order valence-corrected chi connectivity index (χ2v) is 11.4. The van der Waals surface area contributed by atoms with Crippen molar-refractivity contribution in [2.24, 2.45) is 4.99 Å². The molecule has 9 nitrogen and oxygen atoms in total. The molecule has 0 radical (unpaired) electrons. The molecule has 4 aromatic heterocycles. The smallest absolute Gasteiger partial charge is 0.256 e. The van der Waals surface area contributed by atoms with Gasteiger partial charge in [-0.2, -0.15) is 0 Å². The number of carbonyl (C=O) groups is 1. The third-order valence-corrected chi connectivity index (χ3v) is 8.59. The zero-order valence-electron chi connectivity index (χ0n) is 23.2. The van der Waals surface area contributed by atoms with Crippen molar-refractivity contribution in [3.63, 3.8) is 0 Å². The number of nitrogens with zero attached hydrogens (tertiary/aromatic N) is 6. The van der Waals surface area contributed by atoms with Crippen LogP contribution in [0.5, 0.6) is 0 Å². The highest BCUT2D eigenvalue weighted by molar-refractivity contribution is 7.24. The molecule has 2 aromatic carbocycles. The molecule has 0 atom stereocenters. The van der Waals surface area contributed by atoms with Crippen molar-refractivity contribution in [2.45, 2.75) is 19.9 Å². The molecule has 10 heteroatoms. The molecule has 0 spiro atoms. The minimum absolute atomic E-state index is 0.222. The molecular formula is C32H30N8OS. The van der Waals surface area contributed by atoms with E-state index < -0.39 is 0 Å². The topological polar surface area (TPSA) is 99.8 Å². The molecule has 2 N–H and O–H groups in total. The highest BCUT2D eigenvalue weighted by Gasteiger charge is 2.23. The van der Waals surface area contributed by atoms with Crippen LogP contribution in [-0.4, -0.2) is 51.4 Å². The molecule has 1 fully saturated rings. The Morgan fingerprint density at radius 1 is 1.00 bits per heavy atom. The number of amides is 1. The van der Waals surface area contributed by atoms with Crippen LogP contribution < -0.4 is 20.9 Å². The lowest BCUT2D eigenvalue weighted by Crippen LogP contribution is -2.31. The Morgan fingerprint density at radius 3 is 2.71 bits per heavy atom. The van der Waals surface area contributed by atoms with Gasteiger partial charge in [-0.3, -0.25) is 19.2 Å². The predicted octanol–water partition coefficient (Wildman–Crippen LogP) is 4.76. The van der Waals surface area contributed by atoms with Crippen LogP contribution in [0.15, 0.2) is 84.1 Å². The van der Waals surface area contributed by atoms with Crippen molar-refractivity contribution in [3.8, 4) is 0 Å². The molecule has 0 bridgehead atoms. The Labute approximate surface area is 246 Å². The molecule has 0 saturated carbocycles. The summed E-state index contributed by atoms with van der Waals surface area (Å²) in [5, 5.41) is 7.98. The first-order valence-corrected chi connectivity index (χ1v) is 15.0. The largest absolute Gasteiger partial charge is 0.355 e. The maximum Gasteiger partial charge on any atom is 0.256 e. The lowest BCUT2D eigenvalue weighted by molar-refractivity contribution is 0.0951. The number of carbonyl (C=O) groups excluding carboxylic acids is 1. The van der Waals surface area contributed by atoms with E-state index in [-0.39, 0.29) is 12.5 Å². The number of para-hydroxylation sites is 2. The second kappa shape index (κ2) is 11.3. The number of pyridine rings is 2. The Balaban J connectivity index is 1.49. The summed E-state index contributed by atoms with van der Waals surface area (Å²) in [5.74, 6) is 0.705. The summed E-state index contributed by atoms with van der Waals surface area (Å²) in [5.41, 5.74) is 4.60. The van der Waals surface area contributed by atoms with Gasteiger partial charge in [0.25, 0.3) is 5.91 Å². The zero-order chi connectivity index (χ0) is 28.5. The second-order valence-electron chi connectivity index (χ2n) is 10.3. The van der Waals surface area contributed by atoms with Gasteiger partial charge in [0.2, 0.25) is 0 Å². The fourth-order valence-electron chi connectivity index (χ4n) is 5.36. The molecule has 1 aliphatic rings. The number of benzene rings is 2. The van der Waals surface area contributed by atoms with Gasteiger partial charge in [0.05, 0.1) is 45.4 Å². The first-order chi connectivity index (χ1) is 20.7. The zero-order valence-corrected chi connectivity index (χ0v) is 24.1. The highest BCUT2D eigenvalue weighted by Crippen LogP contribution is 2.32. The van der Waals surface area contributed by atoms with Gasteiger partial charge in [0.15, 0.2) is 0 Å². The average Bonchev–Trinajstić information content (AvgIpc) is 3.19. The fourth-order valence-corrected chi connectivity index (χ4v) is 6.55. The van der Waals surface area contributed by atoms with Gasteiger partial charge in [-0.15, -0.1) is 11.3 Å². The predicted molar refractivity (Wildman–Crippen MR) is 167 cm³/mol. The molecule has 1 aliphatic heterocycles. The number of aromatic nitrogens is 4. The number of hydrogen-bond acceptors (Lipinski definition) is 8. The van der Waals surface area contributed by atoms with Crippen molar-refractivity contribution in [3.05, 3.63) is 101 Å². The Kier molecular flexibility index (Phi) is 7.06. The van der Waals surface area contributed by atoms with Gasteiger partial charge in [-0.1, -0.05) is 30.3 Å². The SMILES string of the molecule is Cc1cnc(CNC(=O)c2c(=Nc3ccccc3)c3ccc(N4CCCNCC4)nc3n3c2sc2ccccc23)cn1. The van der Waals surface area contributed by atoms with E-state index >= 15 is 0 Å². The first kappa shape index (κ1) is 26.2. The van der Waals surface area contributed by atoms with Crippen LogP contribution in [0.2, 0.25) is 0 Å². The molecule has 7 rings (SSSR count). The minimum atomic E-state index is -0.222. The van der Waals surface area contributed by atoms with E-state index in [1.54, 1.807) is 23.7 Å². The monoisotopic (exact) mass is 574 g/mol. The number of rotatable bonds is 5. The van der Waals surface area contributed by atoms with Crippen molar-refractivity contribution in [1.29, 1.82) is 0 Å². The van der Waals surface area contributed by atoms with Crippen LogP contribution >= 0.6 is 11.3 Å². The maximum absolute atomic E-state index is 14.1. The normalized spacial score (nSPS) is 14.5. The minimum Gasteiger partial charge on any atom is -0.355 e. The summed E-state index contributed by atoms with van der Waals surface area (Å²) in [7, 11) is 0. The van der Waals surface area contributed by atoms with E-state index in [0.717, 1.165) is 75.9 Å². The molecular weight excluding hydrogens is 544 g/mol. The van der Waals surface area contributed by atoms with Gasteiger partial charge in [0.1, 0.15) is 21.9 Å². The Hall–Kier alpha value is -4.67. The molecule has 1 amide bonds. The van der Waals surface area contributed by atoms with Crippen LogP contribution in [0.25, 0.3) is 26.1 Å². The molecule has 42 heavy (non-hydrogen) atoms. The molecule has 5 heterocycles. The number of nitrogens with one attached hydrogen (secondary N) is 2. The van der Waals surface area contributed by atoms with Crippen molar-refractivity contribution in [2.75, 3.05) is 31.1 Å².